The minimum Gasteiger partial charge on any atom is -0.497 e. The summed E-state index contributed by atoms with van der Waals surface area (Å²) < 4.78 is 5.33. The lowest BCUT2D eigenvalue weighted by Gasteiger charge is -2.36. The maximum atomic E-state index is 6.25. The van der Waals surface area contributed by atoms with Crippen molar-refractivity contribution in [2.75, 3.05) is 14.2 Å². The van der Waals surface area contributed by atoms with E-state index in [2.05, 4.69) is 31.0 Å². The summed E-state index contributed by atoms with van der Waals surface area (Å²) in [7, 11) is 3.92. The Morgan fingerprint density at radius 1 is 1.32 bits per heavy atom. The van der Waals surface area contributed by atoms with Gasteiger partial charge in [-0.15, -0.1) is 0 Å². The van der Waals surface area contributed by atoms with Gasteiger partial charge in [0.15, 0.2) is 0 Å². The maximum Gasteiger partial charge on any atom is 0.119 e. The number of hydrogen-bond acceptors (Lipinski definition) is 3. The lowest BCUT2D eigenvalue weighted by molar-refractivity contribution is 0.156. The van der Waals surface area contributed by atoms with Gasteiger partial charge in [-0.25, -0.2) is 0 Å². The van der Waals surface area contributed by atoms with E-state index in [9.17, 15) is 0 Å². The van der Waals surface area contributed by atoms with Crippen molar-refractivity contribution in [3.8, 4) is 5.75 Å². The fraction of sp³-hybridized carbons (Fsp3) is 0.625. The Kier molecular flexibility index (Phi) is 4.83. The number of rotatable bonds is 5. The minimum absolute atomic E-state index is 0.109. The standard InChI is InChI=1S/C16H26N2O/c1-12(17)16(18(2)14-8-4-5-9-14)13-7-6-10-15(11-13)19-3/h6-7,10-12,14,16H,4-5,8-9,17H2,1-3H3. The van der Waals surface area contributed by atoms with Crippen LogP contribution in [-0.2, 0) is 0 Å². The molecule has 19 heavy (non-hydrogen) atoms. The molecule has 3 nitrogen and oxygen atoms in total. The smallest absolute Gasteiger partial charge is 0.119 e. The summed E-state index contributed by atoms with van der Waals surface area (Å²) in [6.45, 7) is 2.09. The van der Waals surface area contributed by atoms with Gasteiger partial charge in [0.1, 0.15) is 5.75 Å². The molecule has 0 spiro atoms. The summed E-state index contributed by atoms with van der Waals surface area (Å²) in [6, 6.07) is 9.34. The van der Waals surface area contributed by atoms with Crippen LogP contribution in [0.1, 0.15) is 44.2 Å². The van der Waals surface area contributed by atoms with Gasteiger partial charge < -0.3 is 10.5 Å². The van der Waals surface area contributed by atoms with E-state index < -0.39 is 0 Å². The number of ether oxygens (including phenoxy) is 1. The van der Waals surface area contributed by atoms with Crippen LogP contribution in [0, 0.1) is 0 Å². The van der Waals surface area contributed by atoms with Crippen LogP contribution < -0.4 is 10.5 Å². The van der Waals surface area contributed by atoms with Gasteiger partial charge >= 0.3 is 0 Å². The highest BCUT2D eigenvalue weighted by molar-refractivity contribution is 5.31. The molecular formula is C16H26N2O. The van der Waals surface area contributed by atoms with E-state index in [1.54, 1.807) is 7.11 Å². The summed E-state index contributed by atoms with van der Waals surface area (Å²) in [4.78, 5) is 2.46. The fourth-order valence-corrected chi connectivity index (χ4v) is 3.27. The molecule has 1 aliphatic carbocycles. The van der Waals surface area contributed by atoms with Crippen molar-refractivity contribution in [1.82, 2.24) is 4.90 Å². The molecule has 1 aromatic rings. The van der Waals surface area contributed by atoms with E-state index in [4.69, 9.17) is 10.5 Å². The minimum atomic E-state index is 0.109. The number of likely N-dealkylation sites (N-methyl/N-ethyl adjacent to an activating group) is 1. The number of hydrogen-bond donors (Lipinski definition) is 1. The van der Waals surface area contributed by atoms with Crippen molar-refractivity contribution in [3.05, 3.63) is 29.8 Å². The van der Waals surface area contributed by atoms with Crippen molar-refractivity contribution in [3.63, 3.8) is 0 Å². The second-order valence-electron chi connectivity index (χ2n) is 5.68. The molecule has 0 saturated heterocycles. The third-order valence-corrected chi connectivity index (χ3v) is 4.27. The zero-order valence-electron chi connectivity index (χ0n) is 12.3. The summed E-state index contributed by atoms with van der Waals surface area (Å²) in [5.41, 5.74) is 7.50. The molecule has 2 unspecified atom stereocenters. The molecule has 0 aromatic heterocycles. The quantitative estimate of drug-likeness (QED) is 0.886. The average Bonchev–Trinajstić information content (AvgIpc) is 2.92. The predicted molar refractivity (Wildman–Crippen MR) is 79.4 cm³/mol. The van der Waals surface area contributed by atoms with Crippen molar-refractivity contribution < 1.29 is 4.74 Å². The molecule has 0 bridgehead atoms. The molecule has 0 radical (unpaired) electrons. The van der Waals surface area contributed by atoms with Crippen LogP contribution in [0.3, 0.4) is 0 Å². The zero-order chi connectivity index (χ0) is 13.8. The molecule has 1 fully saturated rings. The van der Waals surface area contributed by atoms with Crippen LogP contribution in [0.15, 0.2) is 24.3 Å². The van der Waals surface area contributed by atoms with Crippen molar-refractivity contribution in [2.24, 2.45) is 5.73 Å². The van der Waals surface area contributed by atoms with Crippen LogP contribution in [0.25, 0.3) is 0 Å². The Morgan fingerprint density at radius 3 is 2.58 bits per heavy atom. The molecule has 1 aliphatic rings. The van der Waals surface area contributed by atoms with Gasteiger partial charge in [-0.2, -0.15) is 0 Å². The Balaban J connectivity index is 2.22. The van der Waals surface area contributed by atoms with Gasteiger partial charge in [-0.1, -0.05) is 25.0 Å². The predicted octanol–water partition coefficient (Wildman–Crippen LogP) is 2.96. The van der Waals surface area contributed by atoms with Crippen LogP contribution >= 0.6 is 0 Å². The Bertz CT molecular complexity index is 399. The third-order valence-electron chi connectivity index (χ3n) is 4.27. The Morgan fingerprint density at radius 2 is 2.00 bits per heavy atom. The summed E-state index contributed by atoms with van der Waals surface area (Å²) in [5, 5.41) is 0. The Labute approximate surface area is 116 Å². The van der Waals surface area contributed by atoms with Crippen LogP contribution in [0.2, 0.25) is 0 Å². The van der Waals surface area contributed by atoms with E-state index in [-0.39, 0.29) is 12.1 Å². The first-order chi connectivity index (χ1) is 9.13. The van der Waals surface area contributed by atoms with Gasteiger partial charge in [0.25, 0.3) is 0 Å². The van der Waals surface area contributed by atoms with E-state index in [1.807, 2.05) is 12.1 Å². The molecule has 2 atom stereocenters. The lowest BCUT2D eigenvalue weighted by Crippen LogP contribution is -2.41. The van der Waals surface area contributed by atoms with Gasteiger partial charge in [-0.05, 0) is 44.5 Å². The maximum absolute atomic E-state index is 6.25. The van der Waals surface area contributed by atoms with E-state index in [0.717, 1.165) is 5.75 Å². The van der Waals surface area contributed by atoms with Crippen molar-refractivity contribution in [2.45, 2.75) is 50.7 Å². The second kappa shape index (κ2) is 6.40. The summed E-state index contributed by atoms with van der Waals surface area (Å²) in [5.74, 6) is 0.906. The first-order valence-electron chi connectivity index (χ1n) is 7.25. The van der Waals surface area contributed by atoms with Gasteiger partial charge in [-0.3, -0.25) is 4.90 Å². The van der Waals surface area contributed by atoms with Gasteiger partial charge in [0, 0.05) is 18.1 Å². The van der Waals surface area contributed by atoms with E-state index in [0.29, 0.717) is 6.04 Å². The Hall–Kier alpha value is -1.06. The monoisotopic (exact) mass is 262 g/mol. The van der Waals surface area contributed by atoms with Crippen molar-refractivity contribution >= 4 is 0 Å². The molecule has 1 aromatic carbocycles. The highest BCUT2D eigenvalue weighted by Crippen LogP contribution is 2.32. The number of methoxy groups -OCH3 is 1. The van der Waals surface area contributed by atoms with E-state index in [1.165, 1.54) is 31.2 Å². The second-order valence-corrected chi connectivity index (χ2v) is 5.68. The van der Waals surface area contributed by atoms with E-state index >= 15 is 0 Å². The SMILES string of the molecule is COc1cccc(C(C(C)N)N(C)C2CCCC2)c1. The molecule has 0 heterocycles. The number of nitrogens with two attached hydrogens (primary N) is 1. The normalized spacial score (nSPS) is 19.6. The van der Waals surface area contributed by atoms with Crippen LogP contribution in [0.4, 0.5) is 0 Å². The van der Waals surface area contributed by atoms with Crippen LogP contribution in [-0.4, -0.2) is 31.1 Å². The fourth-order valence-electron chi connectivity index (χ4n) is 3.27. The molecule has 0 amide bonds. The highest BCUT2D eigenvalue weighted by Gasteiger charge is 2.29. The van der Waals surface area contributed by atoms with Gasteiger partial charge in [0.05, 0.1) is 7.11 Å². The molecular weight excluding hydrogens is 236 g/mol. The molecule has 0 aliphatic heterocycles. The lowest BCUT2D eigenvalue weighted by atomic mass is 9.97. The van der Waals surface area contributed by atoms with Crippen LogP contribution in [0.5, 0.6) is 5.75 Å². The topological polar surface area (TPSA) is 38.5 Å². The summed E-state index contributed by atoms with van der Waals surface area (Å²) >= 11 is 0. The molecule has 2 rings (SSSR count). The average molecular weight is 262 g/mol. The number of nitrogens with zero attached hydrogens (tertiary/aromatic N) is 1. The zero-order valence-corrected chi connectivity index (χ0v) is 12.3. The molecule has 106 valence electrons. The highest BCUT2D eigenvalue weighted by atomic mass is 16.5. The first kappa shape index (κ1) is 14.4. The molecule has 2 N–H and O–H groups in total. The first-order valence-corrected chi connectivity index (χ1v) is 7.25. The number of benzene rings is 1. The largest absolute Gasteiger partial charge is 0.497 e. The molecule has 1 saturated carbocycles. The van der Waals surface area contributed by atoms with Gasteiger partial charge in [0.2, 0.25) is 0 Å². The summed E-state index contributed by atoms with van der Waals surface area (Å²) in [6.07, 6.45) is 5.28. The van der Waals surface area contributed by atoms with Crippen molar-refractivity contribution in [1.29, 1.82) is 0 Å². The third kappa shape index (κ3) is 3.28. The molecule has 3 heteroatoms.